The summed E-state index contributed by atoms with van der Waals surface area (Å²) in [6, 6.07) is 13.8. The SMILES string of the molecule is O=C(COC(=O)Cc1ccccc1)Nc1cc(Cl)ccc1Cl. The van der Waals surface area contributed by atoms with Gasteiger partial charge >= 0.3 is 5.97 Å². The van der Waals surface area contributed by atoms with Gasteiger partial charge in [0.15, 0.2) is 6.61 Å². The summed E-state index contributed by atoms with van der Waals surface area (Å²) in [6.07, 6.45) is 0.117. The summed E-state index contributed by atoms with van der Waals surface area (Å²) in [4.78, 5) is 23.4. The van der Waals surface area contributed by atoms with E-state index in [-0.39, 0.29) is 13.0 Å². The molecule has 1 N–H and O–H groups in total. The Labute approximate surface area is 138 Å². The number of anilines is 1. The Hall–Kier alpha value is -2.04. The van der Waals surface area contributed by atoms with Gasteiger partial charge in [-0.3, -0.25) is 9.59 Å². The minimum Gasteiger partial charge on any atom is -0.455 e. The molecule has 0 atom stereocenters. The summed E-state index contributed by atoms with van der Waals surface area (Å²) in [5.41, 5.74) is 1.20. The van der Waals surface area contributed by atoms with Crippen molar-refractivity contribution >= 4 is 40.8 Å². The maximum absolute atomic E-state index is 11.7. The molecule has 114 valence electrons. The van der Waals surface area contributed by atoms with Gasteiger partial charge in [0.2, 0.25) is 0 Å². The first-order chi connectivity index (χ1) is 10.5. The predicted octanol–water partition coefficient (Wildman–Crippen LogP) is 3.72. The molecule has 0 aromatic heterocycles. The molecule has 0 saturated carbocycles. The van der Waals surface area contributed by atoms with Crippen LogP contribution in [0.15, 0.2) is 48.5 Å². The first kappa shape index (κ1) is 16.3. The highest BCUT2D eigenvalue weighted by Crippen LogP contribution is 2.25. The van der Waals surface area contributed by atoms with E-state index >= 15 is 0 Å². The van der Waals surface area contributed by atoms with Gasteiger partial charge in [-0.2, -0.15) is 0 Å². The van der Waals surface area contributed by atoms with E-state index in [1.54, 1.807) is 12.1 Å². The fourth-order valence-electron chi connectivity index (χ4n) is 1.74. The highest BCUT2D eigenvalue weighted by Gasteiger charge is 2.10. The molecule has 0 aliphatic carbocycles. The Morgan fingerprint density at radius 1 is 1.05 bits per heavy atom. The number of carbonyl (C=O) groups is 2. The predicted molar refractivity (Wildman–Crippen MR) is 86.2 cm³/mol. The van der Waals surface area contributed by atoms with E-state index in [0.29, 0.717) is 15.7 Å². The molecule has 1 amide bonds. The van der Waals surface area contributed by atoms with Crippen molar-refractivity contribution in [2.75, 3.05) is 11.9 Å². The first-order valence-corrected chi connectivity index (χ1v) is 7.24. The Kier molecular flexibility index (Phi) is 5.81. The van der Waals surface area contributed by atoms with Crippen LogP contribution >= 0.6 is 23.2 Å². The second-order valence-corrected chi connectivity index (χ2v) is 5.34. The van der Waals surface area contributed by atoms with Crippen molar-refractivity contribution in [3.05, 3.63) is 64.1 Å². The van der Waals surface area contributed by atoms with Crippen molar-refractivity contribution in [3.63, 3.8) is 0 Å². The quantitative estimate of drug-likeness (QED) is 0.846. The van der Waals surface area contributed by atoms with Gasteiger partial charge in [0.1, 0.15) is 0 Å². The van der Waals surface area contributed by atoms with Crippen molar-refractivity contribution in [2.24, 2.45) is 0 Å². The molecule has 2 aromatic rings. The summed E-state index contributed by atoms with van der Waals surface area (Å²) in [6.45, 7) is -0.380. The number of amides is 1. The minimum absolute atomic E-state index is 0.117. The van der Waals surface area contributed by atoms with Crippen molar-refractivity contribution in [3.8, 4) is 0 Å². The molecule has 6 heteroatoms. The largest absolute Gasteiger partial charge is 0.455 e. The van der Waals surface area contributed by atoms with E-state index in [1.807, 2.05) is 30.3 Å². The van der Waals surface area contributed by atoms with Crippen molar-refractivity contribution in [1.29, 1.82) is 0 Å². The maximum atomic E-state index is 11.7. The summed E-state index contributed by atoms with van der Waals surface area (Å²) in [5, 5.41) is 3.34. The van der Waals surface area contributed by atoms with Gasteiger partial charge in [-0.25, -0.2) is 0 Å². The van der Waals surface area contributed by atoms with E-state index in [2.05, 4.69) is 5.32 Å². The molecule has 0 aliphatic heterocycles. The smallest absolute Gasteiger partial charge is 0.310 e. The zero-order valence-corrected chi connectivity index (χ0v) is 13.0. The second-order valence-electron chi connectivity index (χ2n) is 4.50. The van der Waals surface area contributed by atoms with E-state index < -0.39 is 11.9 Å². The molecule has 2 rings (SSSR count). The lowest BCUT2D eigenvalue weighted by molar-refractivity contribution is -0.146. The van der Waals surface area contributed by atoms with Crippen LogP contribution in [0.3, 0.4) is 0 Å². The molecular formula is C16H13Cl2NO3. The molecule has 0 fully saturated rings. The van der Waals surface area contributed by atoms with E-state index in [1.165, 1.54) is 6.07 Å². The Morgan fingerprint density at radius 2 is 1.77 bits per heavy atom. The van der Waals surface area contributed by atoms with Gasteiger partial charge in [0.05, 0.1) is 17.1 Å². The molecule has 4 nitrogen and oxygen atoms in total. The van der Waals surface area contributed by atoms with E-state index in [9.17, 15) is 9.59 Å². The highest BCUT2D eigenvalue weighted by atomic mass is 35.5. The number of carbonyl (C=O) groups excluding carboxylic acids is 2. The zero-order chi connectivity index (χ0) is 15.9. The van der Waals surface area contributed by atoms with Crippen LogP contribution in [-0.2, 0) is 20.7 Å². The van der Waals surface area contributed by atoms with E-state index in [0.717, 1.165) is 5.56 Å². The Balaban J connectivity index is 1.82. The van der Waals surface area contributed by atoms with Crippen LogP contribution in [0.5, 0.6) is 0 Å². The Morgan fingerprint density at radius 3 is 2.50 bits per heavy atom. The van der Waals surface area contributed by atoms with E-state index in [4.69, 9.17) is 27.9 Å². The lowest BCUT2D eigenvalue weighted by Gasteiger charge is -2.08. The summed E-state index contributed by atoms with van der Waals surface area (Å²) in [7, 11) is 0. The molecule has 0 heterocycles. The van der Waals surface area contributed by atoms with Crippen molar-refractivity contribution in [1.82, 2.24) is 0 Å². The third-order valence-electron chi connectivity index (χ3n) is 2.76. The number of hydrogen-bond donors (Lipinski definition) is 1. The lowest BCUT2D eigenvalue weighted by Crippen LogP contribution is -2.21. The number of rotatable bonds is 5. The van der Waals surface area contributed by atoms with Gasteiger partial charge in [-0.05, 0) is 23.8 Å². The average molecular weight is 338 g/mol. The molecule has 0 bridgehead atoms. The second kappa shape index (κ2) is 7.82. The Bertz CT molecular complexity index is 674. The van der Waals surface area contributed by atoms with Crippen molar-refractivity contribution in [2.45, 2.75) is 6.42 Å². The van der Waals surface area contributed by atoms with Gasteiger partial charge in [-0.15, -0.1) is 0 Å². The number of nitrogens with one attached hydrogen (secondary N) is 1. The fourth-order valence-corrected chi connectivity index (χ4v) is 2.08. The third-order valence-corrected chi connectivity index (χ3v) is 3.32. The summed E-state index contributed by atoms with van der Waals surface area (Å²) in [5.74, 6) is -0.955. The topological polar surface area (TPSA) is 55.4 Å². The third kappa shape index (κ3) is 5.06. The summed E-state index contributed by atoms with van der Waals surface area (Å²) < 4.78 is 4.92. The molecule has 0 aliphatic rings. The summed E-state index contributed by atoms with van der Waals surface area (Å²) >= 11 is 11.8. The van der Waals surface area contributed by atoms with Gasteiger partial charge in [0.25, 0.3) is 5.91 Å². The number of ether oxygens (including phenoxy) is 1. The van der Waals surface area contributed by atoms with Gasteiger partial charge < -0.3 is 10.1 Å². The maximum Gasteiger partial charge on any atom is 0.310 e. The van der Waals surface area contributed by atoms with Crippen LogP contribution in [0.2, 0.25) is 10.0 Å². The molecule has 22 heavy (non-hydrogen) atoms. The number of hydrogen-bond acceptors (Lipinski definition) is 3. The molecule has 0 radical (unpaired) electrons. The monoisotopic (exact) mass is 337 g/mol. The molecule has 0 spiro atoms. The number of benzene rings is 2. The van der Waals surface area contributed by atoms with Crippen LogP contribution in [-0.4, -0.2) is 18.5 Å². The zero-order valence-electron chi connectivity index (χ0n) is 11.5. The minimum atomic E-state index is -0.481. The van der Waals surface area contributed by atoms with Crippen LogP contribution in [0, 0.1) is 0 Å². The fraction of sp³-hybridized carbons (Fsp3) is 0.125. The number of halogens is 2. The normalized spacial score (nSPS) is 10.1. The first-order valence-electron chi connectivity index (χ1n) is 6.49. The van der Waals surface area contributed by atoms with Crippen LogP contribution in [0.1, 0.15) is 5.56 Å². The van der Waals surface area contributed by atoms with Crippen LogP contribution < -0.4 is 5.32 Å². The number of esters is 1. The standard InChI is InChI=1S/C16H13Cl2NO3/c17-12-6-7-13(18)14(9-12)19-15(20)10-22-16(21)8-11-4-2-1-3-5-11/h1-7,9H,8,10H2,(H,19,20). The lowest BCUT2D eigenvalue weighted by atomic mass is 10.2. The average Bonchev–Trinajstić information content (AvgIpc) is 2.50. The van der Waals surface area contributed by atoms with Gasteiger partial charge in [-0.1, -0.05) is 53.5 Å². The molecule has 0 saturated heterocycles. The molecule has 2 aromatic carbocycles. The van der Waals surface area contributed by atoms with Crippen LogP contribution in [0.4, 0.5) is 5.69 Å². The van der Waals surface area contributed by atoms with Crippen molar-refractivity contribution < 1.29 is 14.3 Å². The van der Waals surface area contributed by atoms with Crippen LogP contribution in [0.25, 0.3) is 0 Å². The molecule has 0 unspecified atom stereocenters. The highest BCUT2D eigenvalue weighted by molar-refractivity contribution is 6.35. The molecular weight excluding hydrogens is 325 g/mol. The van der Waals surface area contributed by atoms with Gasteiger partial charge in [0, 0.05) is 5.02 Å².